The Labute approximate surface area is 458 Å². The van der Waals surface area contributed by atoms with Crippen LogP contribution >= 0.6 is 0 Å². The maximum atomic E-state index is 6.05. The minimum absolute atomic E-state index is 0.132. The summed E-state index contributed by atoms with van der Waals surface area (Å²) in [6, 6.07) is 91.6. The Bertz CT molecular complexity index is 4930. The van der Waals surface area contributed by atoms with E-state index in [4.69, 9.17) is 4.98 Å². The Morgan fingerprint density at radius 3 is 1.43 bits per heavy atom. The van der Waals surface area contributed by atoms with Crippen molar-refractivity contribution >= 4 is 100 Å². The van der Waals surface area contributed by atoms with E-state index in [-0.39, 0.29) is 6.71 Å². The van der Waals surface area contributed by atoms with Crippen molar-refractivity contribution in [3.63, 3.8) is 0 Å². The van der Waals surface area contributed by atoms with Crippen LogP contribution < -0.4 is 26.2 Å². The molecule has 3 nitrogen and oxygen atoms in total. The van der Waals surface area contributed by atoms with Gasteiger partial charge in [-0.15, -0.1) is 0 Å². The maximum absolute atomic E-state index is 6.05. The fourth-order valence-corrected chi connectivity index (χ4v) is 16.8. The van der Waals surface area contributed by atoms with Crippen LogP contribution in [0.1, 0.15) is 70.0 Å². The number of hydrogen-bond acceptors (Lipinski definition) is 3. The number of aryl methyl sites for hydroxylation is 1. The molecule has 12 aromatic carbocycles. The average Bonchev–Trinajstić information content (AvgIpc) is 1.88. The van der Waals surface area contributed by atoms with E-state index in [0.717, 1.165) is 24.8 Å². The number of benzene rings is 12. The lowest BCUT2D eigenvalue weighted by Crippen LogP contribution is -2.63. The highest BCUT2D eigenvalue weighted by Crippen LogP contribution is 2.66. The molecular formula is C75H48BN3. The third-order valence-corrected chi connectivity index (χ3v) is 19.6. The number of rotatable bonds is 3. The summed E-state index contributed by atoms with van der Waals surface area (Å²) < 4.78 is 0. The van der Waals surface area contributed by atoms with Crippen LogP contribution in [0.5, 0.6) is 0 Å². The summed E-state index contributed by atoms with van der Waals surface area (Å²) in [7, 11) is 0. The van der Waals surface area contributed by atoms with Crippen LogP contribution in [-0.2, 0) is 17.3 Å². The van der Waals surface area contributed by atoms with Gasteiger partial charge in [0.2, 0.25) is 0 Å². The number of pyridine rings is 1. The highest BCUT2D eigenvalue weighted by atomic mass is 15.2. The lowest BCUT2D eigenvalue weighted by atomic mass is 9.32. The molecule has 2 aliphatic carbocycles. The van der Waals surface area contributed by atoms with E-state index in [2.05, 4.69) is 253 Å². The molecule has 2 unspecified atom stereocenters. The van der Waals surface area contributed by atoms with Crippen LogP contribution in [0.25, 0.3) is 65.5 Å². The van der Waals surface area contributed by atoms with Gasteiger partial charge >= 0.3 is 0 Å². The van der Waals surface area contributed by atoms with Gasteiger partial charge in [-0.05, 0) is 141 Å². The molecule has 4 heteroatoms. The second kappa shape index (κ2) is 14.9. The molecule has 0 N–H and O–H groups in total. The molecule has 4 aliphatic heterocycles. The van der Waals surface area contributed by atoms with E-state index >= 15 is 0 Å². The summed E-state index contributed by atoms with van der Waals surface area (Å²) in [4.78, 5) is 11.5. The molecule has 2 spiro atoms. The van der Waals surface area contributed by atoms with Crippen molar-refractivity contribution in [2.75, 3.05) is 9.80 Å². The smallest absolute Gasteiger partial charge is 0.252 e. The van der Waals surface area contributed by atoms with Gasteiger partial charge in [-0.1, -0.05) is 232 Å². The number of aromatic nitrogens is 1. The van der Waals surface area contributed by atoms with E-state index in [1.165, 1.54) is 161 Å². The molecule has 5 heterocycles. The van der Waals surface area contributed by atoms with E-state index in [9.17, 15) is 0 Å². The zero-order valence-electron chi connectivity index (χ0n) is 43.6. The average molecular weight is 1000 g/mol. The Morgan fingerprint density at radius 1 is 0.380 bits per heavy atom. The first-order valence-electron chi connectivity index (χ1n) is 28.4. The van der Waals surface area contributed by atoms with Crippen LogP contribution in [0.2, 0.25) is 0 Å². The van der Waals surface area contributed by atoms with Crippen molar-refractivity contribution in [2.24, 2.45) is 0 Å². The van der Waals surface area contributed by atoms with Gasteiger partial charge in [0.15, 0.2) is 0 Å². The van der Waals surface area contributed by atoms with Crippen molar-refractivity contribution in [1.29, 1.82) is 0 Å². The van der Waals surface area contributed by atoms with Crippen LogP contribution in [0.15, 0.2) is 237 Å². The van der Waals surface area contributed by atoms with Crippen molar-refractivity contribution in [1.82, 2.24) is 4.98 Å². The van der Waals surface area contributed by atoms with Gasteiger partial charge < -0.3 is 9.80 Å². The van der Waals surface area contributed by atoms with Gasteiger partial charge in [0.25, 0.3) is 6.71 Å². The molecule has 0 saturated carbocycles. The van der Waals surface area contributed by atoms with Crippen LogP contribution in [-0.4, -0.2) is 11.7 Å². The minimum Gasteiger partial charge on any atom is -0.311 e. The monoisotopic (exact) mass is 1000 g/mol. The molecule has 0 saturated heterocycles. The summed E-state index contributed by atoms with van der Waals surface area (Å²) >= 11 is 0. The Balaban J connectivity index is 1.01. The van der Waals surface area contributed by atoms with Gasteiger partial charge in [0, 0.05) is 33.5 Å². The summed E-state index contributed by atoms with van der Waals surface area (Å²) in [5, 5.41) is 8.89. The van der Waals surface area contributed by atoms with Crippen molar-refractivity contribution in [3.8, 4) is 22.3 Å². The second-order valence-corrected chi connectivity index (χ2v) is 22.9. The van der Waals surface area contributed by atoms with Gasteiger partial charge in [-0.2, -0.15) is 0 Å². The highest BCUT2D eigenvalue weighted by molar-refractivity contribution is 7.00. The first-order valence-corrected chi connectivity index (χ1v) is 28.4. The molecule has 2 atom stereocenters. The first kappa shape index (κ1) is 42.6. The van der Waals surface area contributed by atoms with E-state index in [0.29, 0.717) is 0 Å². The molecule has 13 aromatic rings. The molecule has 366 valence electrons. The highest BCUT2D eigenvalue weighted by Gasteiger charge is 2.58. The number of anilines is 6. The number of para-hydroxylation sites is 4. The molecule has 0 fully saturated rings. The first-order chi connectivity index (χ1) is 39.2. The number of hydrogen-bond donors (Lipinski definition) is 0. The fraction of sp³-hybridized carbons (Fsp3) is 0.0800. The molecule has 19 rings (SSSR count). The lowest BCUT2D eigenvalue weighted by Gasteiger charge is -2.55. The fourth-order valence-electron chi connectivity index (χ4n) is 16.8. The molecule has 79 heavy (non-hydrogen) atoms. The zero-order valence-corrected chi connectivity index (χ0v) is 43.6. The van der Waals surface area contributed by atoms with Crippen LogP contribution in [0.3, 0.4) is 0 Å². The molecule has 0 bridgehead atoms. The third kappa shape index (κ3) is 4.87. The normalized spacial score (nSPS) is 17.6. The zero-order chi connectivity index (χ0) is 51.5. The summed E-state index contributed by atoms with van der Waals surface area (Å²) in [5.74, 6) is 0. The molecule has 0 amide bonds. The lowest BCUT2D eigenvalue weighted by molar-refractivity contribution is 0.735. The van der Waals surface area contributed by atoms with Crippen LogP contribution in [0.4, 0.5) is 34.1 Å². The molecule has 0 radical (unpaired) electrons. The predicted molar refractivity (Wildman–Crippen MR) is 329 cm³/mol. The molecule has 6 aliphatic rings. The SMILES string of the molecule is CCCCc1nc2c3c4c(cc2c2ccccc12)N1c2ccccc2C2(c5ccccc5-c5cccc6cccc2c56)c2cccc(c21)B4c1cccc2c1N3c1ccccc1C21c2ccccc2-c2cccc3cccc1c23. The summed E-state index contributed by atoms with van der Waals surface area (Å²) in [6.45, 7) is 2.17. The predicted octanol–water partition coefficient (Wildman–Crippen LogP) is 16.5. The quantitative estimate of drug-likeness (QED) is 0.130. The Hall–Kier alpha value is -9.51. The van der Waals surface area contributed by atoms with Gasteiger partial charge in [0.05, 0.1) is 33.4 Å². The summed E-state index contributed by atoms with van der Waals surface area (Å²) in [5.41, 5.74) is 28.1. The van der Waals surface area contributed by atoms with E-state index in [1.54, 1.807) is 0 Å². The maximum Gasteiger partial charge on any atom is 0.252 e. The van der Waals surface area contributed by atoms with Gasteiger partial charge in [0.1, 0.15) is 0 Å². The largest absolute Gasteiger partial charge is 0.311 e. The molecule has 1 aromatic heterocycles. The Morgan fingerprint density at radius 2 is 0.835 bits per heavy atom. The minimum atomic E-state index is -0.641. The van der Waals surface area contributed by atoms with Crippen molar-refractivity contribution in [2.45, 2.75) is 37.0 Å². The Kier molecular flexibility index (Phi) is 8.06. The van der Waals surface area contributed by atoms with E-state index in [1.807, 2.05) is 0 Å². The van der Waals surface area contributed by atoms with Gasteiger partial charge in [-0.3, -0.25) is 0 Å². The number of nitrogens with zero attached hydrogens (tertiary/aromatic N) is 3. The summed E-state index contributed by atoms with van der Waals surface area (Å²) in [6.07, 6.45) is 3.09. The van der Waals surface area contributed by atoms with Gasteiger partial charge in [-0.25, -0.2) is 4.98 Å². The van der Waals surface area contributed by atoms with Crippen molar-refractivity contribution < 1.29 is 0 Å². The number of unbranched alkanes of at least 4 members (excludes halogenated alkanes) is 1. The number of fused-ring (bicyclic) bond motifs is 24. The standard InChI is InChI=1S/C75H48BN3/c1-2-3-40-63-49-27-5-4-24-46(49)52-43-66-69-73(70(52)77-63)79-65-42-13-11-33-56(65)75(54-31-9-7-26-48(54)51-29-15-21-45-23-17-35-58(75)68(45)51)60-37-19-39-62(72(60)79)76(69)61-38-18-36-59-71(61)78(66)64-41-12-10-32-55(64)74(59)53-30-8-6-25-47(53)50-28-14-20-44-22-16-34-57(74)67(44)50/h4-39,41-43H,2-3,40H2,1H3. The molecular weight excluding hydrogens is 954 g/mol. The second-order valence-electron chi connectivity index (χ2n) is 22.9. The topological polar surface area (TPSA) is 19.4 Å². The van der Waals surface area contributed by atoms with E-state index < -0.39 is 10.8 Å². The van der Waals surface area contributed by atoms with Crippen LogP contribution in [0, 0.1) is 0 Å². The van der Waals surface area contributed by atoms with Crippen molar-refractivity contribution in [3.05, 3.63) is 287 Å². The third-order valence-electron chi connectivity index (χ3n) is 19.6.